The number of non-ortho nitro benzene ring substituents is 1. The minimum absolute atomic E-state index is 0.0224. The van der Waals surface area contributed by atoms with Crippen molar-refractivity contribution in [2.24, 2.45) is 0 Å². The number of nitro benzene ring substituents is 1. The summed E-state index contributed by atoms with van der Waals surface area (Å²) < 4.78 is 4.96. The van der Waals surface area contributed by atoms with Gasteiger partial charge in [-0.1, -0.05) is 11.6 Å². The Balaban J connectivity index is 2.98. The maximum Gasteiger partial charge on any atom is 0.344 e. The Kier molecular flexibility index (Phi) is 3.68. The van der Waals surface area contributed by atoms with Crippen LogP contribution in [0.1, 0.15) is 6.92 Å². The van der Waals surface area contributed by atoms with Crippen molar-refractivity contribution in [3.8, 4) is 5.75 Å². The number of carboxylic acid groups (broad SMARTS) is 1. The minimum Gasteiger partial charge on any atom is -0.479 e. The monoisotopic (exact) mass is 245 g/mol. The first-order valence-corrected chi connectivity index (χ1v) is 4.63. The Hall–Kier alpha value is -1.82. The molecule has 0 aliphatic carbocycles. The van der Waals surface area contributed by atoms with Crippen LogP contribution in [-0.4, -0.2) is 22.1 Å². The van der Waals surface area contributed by atoms with Crippen LogP contribution in [0, 0.1) is 10.1 Å². The molecule has 0 spiro atoms. The van der Waals surface area contributed by atoms with Crippen LogP contribution in [0.25, 0.3) is 0 Å². The second kappa shape index (κ2) is 4.80. The third-order valence-electron chi connectivity index (χ3n) is 1.78. The molecule has 0 aromatic heterocycles. The van der Waals surface area contributed by atoms with Crippen LogP contribution >= 0.6 is 11.6 Å². The van der Waals surface area contributed by atoms with E-state index in [-0.39, 0.29) is 16.5 Å². The molecule has 1 rings (SSSR count). The molecule has 0 heterocycles. The number of nitrogens with zero attached hydrogens (tertiary/aromatic N) is 1. The Bertz CT molecular complexity index is 434. The van der Waals surface area contributed by atoms with Crippen LogP contribution in [0.5, 0.6) is 5.75 Å². The van der Waals surface area contributed by atoms with Gasteiger partial charge in [-0.05, 0) is 13.0 Å². The van der Waals surface area contributed by atoms with E-state index >= 15 is 0 Å². The van der Waals surface area contributed by atoms with Gasteiger partial charge >= 0.3 is 5.97 Å². The van der Waals surface area contributed by atoms with Crippen molar-refractivity contribution in [2.75, 3.05) is 0 Å². The number of hydrogen-bond acceptors (Lipinski definition) is 4. The first-order valence-electron chi connectivity index (χ1n) is 4.25. The highest BCUT2D eigenvalue weighted by atomic mass is 35.5. The number of carbonyl (C=O) groups is 1. The topological polar surface area (TPSA) is 89.7 Å². The summed E-state index contributed by atoms with van der Waals surface area (Å²) in [6.45, 7) is 1.30. The van der Waals surface area contributed by atoms with Crippen molar-refractivity contribution < 1.29 is 19.6 Å². The van der Waals surface area contributed by atoms with Crippen LogP contribution in [0.2, 0.25) is 5.02 Å². The fourth-order valence-corrected chi connectivity index (χ4v) is 1.10. The van der Waals surface area contributed by atoms with Gasteiger partial charge in [0, 0.05) is 6.07 Å². The summed E-state index contributed by atoms with van der Waals surface area (Å²) in [5.41, 5.74) is -0.211. The Morgan fingerprint density at radius 3 is 2.75 bits per heavy atom. The van der Waals surface area contributed by atoms with E-state index in [2.05, 4.69) is 0 Å². The molecular weight excluding hydrogens is 238 g/mol. The third kappa shape index (κ3) is 2.83. The summed E-state index contributed by atoms with van der Waals surface area (Å²) in [4.78, 5) is 20.4. The quantitative estimate of drug-likeness (QED) is 0.648. The largest absolute Gasteiger partial charge is 0.479 e. The summed E-state index contributed by atoms with van der Waals surface area (Å²) in [5.74, 6) is -1.20. The number of ether oxygens (including phenoxy) is 1. The normalized spacial score (nSPS) is 11.9. The summed E-state index contributed by atoms with van der Waals surface area (Å²) in [6.07, 6.45) is -1.13. The van der Waals surface area contributed by atoms with E-state index in [0.717, 1.165) is 6.07 Å². The average molecular weight is 246 g/mol. The van der Waals surface area contributed by atoms with E-state index < -0.39 is 17.0 Å². The van der Waals surface area contributed by atoms with Gasteiger partial charge in [-0.15, -0.1) is 0 Å². The van der Waals surface area contributed by atoms with Gasteiger partial charge in [0.05, 0.1) is 16.0 Å². The fourth-order valence-electron chi connectivity index (χ4n) is 0.937. The molecule has 0 saturated heterocycles. The molecule has 0 aliphatic rings. The maximum absolute atomic E-state index is 10.5. The van der Waals surface area contributed by atoms with Crippen molar-refractivity contribution in [2.45, 2.75) is 13.0 Å². The number of hydrogen-bond donors (Lipinski definition) is 1. The van der Waals surface area contributed by atoms with Gasteiger partial charge in [0.25, 0.3) is 5.69 Å². The standard InChI is InChI=1S/C9H8ClNO5/c1-5(9(12)13)16-8-4-6(11(14)15)2-3-7(8)10/h2-5H,1H3,(H,12,13)/t5-/m1/s1. The highest BCUT2D eigenvalue weighted by Crippen LogP contribution is 2.29. The predicted octanol–water partition coefficient (Wildman–Crippen LogP) is 2.10. The first kappa shape index (κ1) is 12.3. The number of rotatable bonds is 4. The Labute approximate surface area is 95.6 Å². The van der Waals surface area contributed by atoms with E-state index in [9.17, 15) is 14.9 Å². The Morgan fingerprint density at radius 2 is 2.25 bits per heavy atom. The smallest absolute Gasteiger partial charge is 0.344 e. The summed E-state index contributed by atoms with van der Waals surface area (Å²) in [5, 5.41) is 19.2. The number of halogens is 1. The summed E-state index contributed by atoms with van der Waals surface area (Å²) >= 11 is 5.71. The molecule has 0 saturated carbocycles. The van der Waals surface area contributed by atoms with Gasteiger partial charge in [-0.25, -0.2) is 4.79 Å². The number of benzene rings is 1. The molecule has 1 atom stereocenters. The van der Waals surface area contributed by atoms with Crippen LogP contribution in [0.4, 0.5) is 5.69 Å². The van der Waals surface area contributed by atoms with Crippen LogP contribution in [-0.2, 0) is 4.79 Å². The van der Waals surface area contributed by atoms with Gasteiger partial charge in [-0.3, -0.25) is 10.1 Å². The Morgan fingerprint density at radius 1 is 1.62 bits per heavy atom. The molecule has 0 amide bonds. The van der Waals surface area contributed by atoms with Crippen LogP contribution in [0.3, 0.4) is 0 Å². The zero-order valence-corrected chi connectivity index (χ0v) is 8.97. The van der Waals surface area contributed by atoms with Crippen molar-refractivity contribution >= 4 is 23.3 Å². The first-order chi connectivity index (χ1) is 7.41. The molecule has 1 aromatic carbocycles. The number of carboxylic acids is 1. The molecular formula is C9H8ClNO5. The fraction of sp³-hybridized carbons (Fsp3) is 0.222. The molecule has 0 radical (unpaired) electrons. The van der Waals surface area contributed by atoms with Crippen LogP contribution in [0.15, 0.2) is 18.2 Å². The van der Waals surface area contributed by atoms with E-state index in [4.69, 9.17) is 21.4 Å². The van der Waals surface area contributed by atoms with Gasteiger partial charge in [0.1, 0.15) is 5.75 Å². The molecule has 16 heavy (non-hydrogen) atoms. The van der Waals surface area contributed by atoms with Gasteiger partial charge in [0.2, 0.25) is 0 Å². The minimum atomic E-state index is -1.18. The summed E-state index contributed by atoms with van der Waals surface area (Å²) in [7, 11) is 0. The average Bonchev–Trinajstić information content (AvgIpc) is 2.20. The van der Waals surface area contributed by atoms with Crippen LogP contribution < -0.4 is 4.74 Å². The lowest BCUT2D eigenvalue weighted by Gasteiger charge is -2.11. The second-order valence-electron chi connectivity index (χ2n) is 2.97. The lowest BCUT2D eigenvalue weighted by molar-refractivity contribution is -0.384. The van der Waals surface area contributed by atoms with E-state index in [1.807, 2.05) is 0 Å². The molecule has 0 bridgehead atoms. The molecule has 86 valence electrons. The molecule has 0 aliphatic heterocycles. The van der Waals surface area contributed by atoms with Gasteiger partial charge in [-0.2, -0.15) is 0 Å². The SMILES string of the molecule is C[C@@H](Oc1cc([N+](=O)[O-])ccc1Cl)C(=O)O. The van der Waals surface area contributed by atoms with E-state index in [1.54, 1.807) is 0 Å². The zero-order valence-electron chi connectivity index (χ0n) is 8.21. The van der Waals surface area contributed by atoms with E-state index in [1.165, 1.54) is 19.1 Å². The van der Waals surface area contributed by atoms with Gasteiger partial charge in [0.15, 0.2) is 6.10 Å². The van der Waals surface area contributed by atoms with Crippen molar-refractivity contribution in [3.63, 3.8) is 0 Å². The summed E-state index contributed by atoms with van der Waals surface area (Å²) in [6, 6.07) is 3.58. The molecule has 1 aromatic rings. The van der Waals surface area contributed by atoms with Crippen molar-refractivity contribution in [1.82, 2.24) is 0 Å². The van der Waals surface area contributed by atoms with Gasteiger partial charge < -0.3 is 9.84 Å². The highest BCUT2D eigenvalue weighted by Gasteiger charge is 2.17. The van der Waals surface area contributed by atoms with Crippen molar-refractivity contribution in [3.05, 3.63) is 33.3 Å². The molecule has 1 N–H and O–H groups in total. The molecule has 0 unspecified atom stereocenters. The van der Waals surface area contributed by atoms with E-state index in [0.29, 0.717) is 0 Å². The molecule has 6 nitrogen and oxygen atoms in total. The maximum atomic E-state index is 10.5. The third-order valence-corrected chi connectivity index (χ3v) is 2.09. The van der Waals surface area contributed by atoms with Crippen molar-refractivity contribution in [1.29, 1.82) is 0 Å². The number of aliphatic carboxylic acids is 1. The highest BCUT2D eigenvalue weighted by molar-refractivity contribution is 6.32. The lowest BCUT2D eigenvalue weighted by atomic mass is 10.3. The number of nitro groups is 1. The molecule has 7 heteroatoms. The predicted molar refractivity (Wildman–Crippen MR) is 55.8 cm³/mol. The molecule has 0 fully saturated rings. The lowest BCUT2D eigenvalue weighted by Crippen LogP contribution is -2.23. The zero-order chi connectivity index (χ0) is 12.3. The second-order valence-corrected chi connectivity index (χ2v) is 3.38.